The van der Waals surface area contributed by atoms with Crippen molar-refractivity contribution in [1.29, 1.82) is 0 Å². The van der Waals surface area contributed by atoms with E-state index >= 15 is 0 Å². The SMILES string of the molecule is C#CCCCCNc1ccc(F)c(N)c1C(=O)O. The number of unbranched alkanes of at least 4 members (excludes halogenated alkanes) is 2. The second-order valence-corrected chi connectivity index (χ2v) is 3.78. The van der Waals surface area contributed by atoms with Crippen LogP contribution >= 0.6 is 0 Å². The van der Waals surface area contributed by atoms with Gasteiger partial charge in [0.25, 0.3) is 0 Å². The molecule has 0 atom stereocenters. The van der Waals surface area contributed by atoms with Crippen molar-refractivity contribution in [3.8, 4) is 12.3 Å². The van der Waals surface area contributed by atoms with Crippen LogP contribution in [0.4, 0.5) is 15.8 Å². The van der Waals surface area contributed by atoms with Gasteiger partial charge in [-0.3, -0.25) is 0 Å². The van der Waals surface area contributed by atoms with Gasteiger partial charge in [0.15, 0.2) is 0 Å². The molecule has 4 nitrogen and oxygen atoms in total. The number of hydrogen-bond acceptors (Lipinski definition) is 3. The van der Waals surface area contributed by atoms with Crippen LogP contribution in [0.25, 0.3) is 0 Å². The zero-order valence-corrected chi connectivity index (χ0v) is 9.87. The van der Waals surface area contributed by atoms with Gasteiger partial charge in [0, 0.05) is 13.0 Å². The Kier molecular flexibility index (Phi) is 5.00. The van der Waals surface area contributed by atoms with Gasteiger partial charge in [-0.25, -0.2) is 9.18 Å². The molecular formula is C13H15FN2O2. The Bertz CT molecular complexity index is 481. The summed E-state index contributed by atoms with van der Waals surface area (Å²) in [5.74, 6) is 0.538. The molecule has 0 aromatic heterocycles. The minimum atomic E-state index is -1.25. The Morgan fingerprint density at radius 3 is 2.83 bits per heavy atom. The molecule has 0 aliphatic carbocycles. The topological polar surface area (TPSA) is 75.3 Å². The summed E-state index contributed by atoms with van der Waals surface area (Å²) in [4.78, 5) is 11.0. The number of nitrogens with one attached hydrogen (secondary N) is 1. The Balaban J connectivity index is 2.74. The van der Waals surface area contributed by atoms with Gasteiger partial charge >= 0.3 is 5.97 Å². The lowest BCUT2D eigenvalue weighted by atomic mass is 10.1. The van der Waals surface area contributed by atoms with E-state index in [1.807, 2.05) is 0 Å². The third-order valence-corrected chi connectivity index (χ3v) is 2.47. The summed E-state index contributed by atoms with van der Waals surface area (Å²) in [5, 5.41) is 11.9. The molecule has 0 aliphatic heterocycles. The van der Waals surface area contributed by atoms with Gasteiger partial charge in [-0.05, 0) is 25.0 Å². The highest BCUT2D eigenvalue weighted by molar-refractivity contribution is 6.00. The number of benzene rings is 1. The molecule has 0 bridgehead atoms. The number of carboxylic acid groups (broad SMARTS) is 1. The molecule has 0 amide bonds. The Hall–Kier alpha value is -2.22. The fourth-order valence-corrected chi connectivity index (χ4v) is 1.55. The lowest BCUT2D eigenvalue weighted by Crippen LogP contribution is -2.11. The second-order valence-electron chi connectivity index (χ2n) is 3.78. The maximum atomic E-state index is 13.2. The normalized spacial score (nSPS) is 9.78. The van der Waals surface area contributed by atoms with Crippen LogP contribution in [0, 0.1) is 18.2 Å². The molecule has 1 rings (SSSR count). The predicted molar refractivity (Wildman–Crippen MR) is 68.9 cm³/mol. The van der Waals surface area contributed by atoms with Gasteiger partial charge < -0.3 is 16.2 Å². The number of hydrogen-bond donors (Lipinski definition) is 3. The van der Waals surface area contributed by atoms with Crippen LogP contribution in [0.5, 0.6) is 0 Å². The van der Waals surface area contributed by atoms with Crippen LogP contribution in [-0.2, 0) is 0 Å². The summed E-state index contributed by atoms with van der Waals surface area (Å²) in [6.45, 7) is 0.563. The molecule has 0 unspecified atom stereocenters. The number of aromatic carboxylic acids is 1. The number of halogens is 1. The van der Waals surface area contributed by atoms with Crippen molar-refractivity contribution >= 4 is 17.3 Å². The number of rotatable bonds is 6. The Morgan fingerprint density at radius 2 is 2.22 bits per heavy atom. The van der Waals surface area contributed by atoms with Crippen molar-refractivity contribution in [1.82, 2.24) is 0 Å². The van der Waals surface area contributed by atoms with Gasteiger partial charge in [0.05, 0.1) is 11.4 Å². The number of carbonyl (C=O) groups is 1. The van der Waals surface area contributed by atoms with E-state index in [0.717, 1.165) is 18.9 Å². The fraction of sp³-hybridized carbons (Fsp3) is 0.308. The number of carboxylic acids is 1. The van der Waals surface area contributed by atoms with Crippen LogP contribution in [0.1, 0.15) is 29.6 Å². The monoisotopic (exact) mass is 250 g/mol. The van der Waals surface area contributed by atoms with E-state index in [2.05, 4.69) is 11.2 Å². The maximum Gasteiger partial charge on any atom is 0.340 e. The molecule has 5 heteroatoms. The minimum absolute atomic E-state index is 0.230. The van der Waals surface area contributed by atoms with Gasteiger partial charge in [-0.1, -0.05) is 0 Å². The first-order valence-corrected chi connectivity index (χ1v) is 5.56. The van der Waals surface area contributed by atoms with E-state index in [-0.39, 0.29) is 11.3 Å². The van der Waals surface area contributed by atoms with E-state index in [1.54, 1.807) is 0 Å². The molecule has 0 fully saturated rings. The van der Waals surface area contributed by atoms with Crippen LogP contribution in [0.2, 0.25) is 0 Å². The largest absolute Gasteiger partial charge is 0.478 e. The quantitative estimate of drug-likeness (QED) is 0.411. The Morgan fingerprint density at radius 1 is 1.50 bits per heavy atom. The molecular weight excluding hydrogens is 235 g/mol. The molecule has 1 aromatic rings. The highest BCUT2D eigenvalue weighted by Crippen LogP contribution is 2.25. The smallest absolute Gasteiger partial charge is 0.340 e. The molecule has 0 spiro atoms. The molecule has 0 heterocycles. The zero-order chi connectivity index (χ0) is 13.5. The van der Waals surface area contributed by atoms with Crippen molar-refractivity contribution in [2.24, 2.45) is 0 Å². The molecule has 1 aromatic carbocycles. The van der Waals surface area contributed by atoms with E-state index in [4.69, 9.17) is 17.3 Å². The van der Waals surface area contributed by atoms with Crippen molar-refractivity contribution in [3.05, 3.63) is 23.5 Å². The summed E-state index contributed by atoms with van der Waals surface area (Å²) in [5.41, 5.74) is 5.15. The van der Waals surface area contributed by atoms with Gasteiger partial charge in [0.2, 0.25) is 0 Å². The first kappa shape index (κ1) is 13.8. The van der Waals surface area contributed by atoms with Crippen LogP contribution < -0.4 is 11.1 Å². The maximum absolute atomic E-state index is 13.2. The van der Waals surface area contributed by atoms with Gasteiger partial charge in [-0.15, -0.1) is 12.3 Å². The average molecular weight is 250 g/mol. The average Bonchev–Trinajstić information content (AvgIpc) is 2.33. The first-order chi connectivity index (χ1) is 8.57. The Labute approximate surface area is 105 Å². The first-order valence-electron chi connectivity index (χ1n) is 5.56. The zero-order valence-electron chi connectivity index (χ0n) is 9.87. The molecule has 0 radical (unpaired) electrons. The molecule has 0 saturated heterocycles. The minimum Gasteiger partial charge on any atom is -0.478 e. The van der Waals surface area contributed by atoms with Crippen molar-refractivity contribution in [2.75, 3.05) is 17.6 Å². The highest BCUT2D eigenvalue weighted by atomic mass is 19.1. The van der Waals surface area contributed by atoms with E-state index in [9.17, 15) is 9.18 Å². The van der Waals surface area contributed by atoms with E-state index in [1.165, 1.54) is 6.07 Å². The van der Waals surface area contributed by atoms with Crippen LogP contribution in [0.3, 0.4) is 0 Å². The number of nitrogens with two attached hydrogens (primary N) is 1. The van der Waals surface area contributed by atoms with Gasteiger partial charge in [0.1, 0.15) is 11.4 Å². The van der Waals surface area contributed by atoms with Crippen LogP contribution in [-0.4, -0.2) is 17.6 Å². The molecule has 18 heavy (non-hydrogen) atoms. The summed E-state index contributed by atoms with van der Waals surface area (Å²) in [6, 6.07) is 2.52. The standard InChI is InChI=1S/C13H15FN2O2/c1-2-3-4-5-8-16-10-7-6-9(14)12(15)11(10)13(17)18/h1,6-7,16H,3-5,8,15H2,(H,17,18). The van der Waals surface area contributed by atoms with E-state index in [0.29, 0.717) is 18.7 Å². The van der Waals surface area contributed by atoms with Crippen LogP contribution in [0.15, 0.2) is 12.1 Å². The lowest BCUT2D eigenvalue weighted by molar-refractivity contribution is 0.0698. The molecule has 0 saturated carbocycles. The summed E-state index contributed by atoms with van der Waals surface area (Å²) in [7, 11) is 0. The predicted octanol–water partition coefficient (Wildman–Crippen LogP) is 2.32. The number of nitrogen functional groups attached to an aromatic ring is 1. The second kappa shape index (κ2) is 6.50. The van der Waals surface area contributed by atoms with Crippen molar-refractivity contribution in [2.45, 2.75) is 19.3 Å². The number of terminal acetylenes is 1. The summed E-state index contributed by atoms with van der Waals surface area (Å²) in [6.07, 6.45) is 7.45. The van der Waals surface area contributed by atoms with Crippen molar-refractivity contribution in [3.63, 3.8) is 0 Å². The molecule has 0 aliphatic rings. The lowest BCUT2D eigenvalue weighted by Gasteiger charge is -2.11. The molecule has 4 N–H and O–H groups in total. The third kappa shape index (κ3) is 3.39. The molecule has 96 valence electrons. The van der Waals surface area contributed by atoms with Crippen molar-refractivity contribution < 1.29 is 14.3 Å². The fourth-order valence-electron chi connectivity index (χ4n) is 1.55. The summed E-state index contributed by atoms with van der Waals surface area (Å²) < 4.78 is 13.2. The van der Waals surface area contributed by atoms with Gasteiger partial charge in [-0.2, -0.15) is 0 Å². The highest BCUT2D eigenvalue weighted by Gasteiger charge is 2.16. The van der Waals surface area contributed by atoms with E-state index < -0.39 is 11.8 Å². The summed E-state index contributed by atoms with van der Waals surface area (Å²) >= 11 is 0. The number of anilines is 2. The third-order valence-electron chi connectivity index (χ3n) is 2.47.